The van der Waals surface area contributed by atoms with Crippen molar-refractivity contribution in [3.63, 3.8) is 0 Å². The summed E-state index contributed by atoms with van der Waals surface area (Å²) in [5.41, 5.74) is 1.16. The maximum Gasteiger partial charge on any atom is 0.252 e. The Kier molecular flexibility index (Phi) is 6.17. The molecule has 1 aliphatic heterocycles. The lowest BCUT2D eigenvalue weighted by molar-refractivity contribution is 0.0958. The Morgan fingerprint density at radius 1 is 1.11 bits per heavy atom. The van der Waals surface area contributed by atoms with Crippen LogP contribution < -0.4 is 5.32 Å². The van der Waals surface area contributed by atoms with Gasteiger partial charge in [-0.1, -0.05) is 29.5 Å². The average molecular weight is 403 g/mol. The molecule has 0 aliphatic carbocycles. The van der Waals surface area contributed by atoms with Crippen LogP contribution in [0.4, 0.5) is 0 Å². The molecule has 2 aromatic carbocycles. The van der Waals surface area contributed by atoms with Gasteiger partial charge in [-0.05, 0) is 55.3 Å². The summed E-state index contributed by atoms with van der Waals surface area (Å²) in [6, 6.07) is 13.1. The molecule has 0 bridgehead atoms. The van der Waals surface area contributed by atoms with E-state index in [-0.39, 0.29) is 17.3 Å². The highest BCUT2D eigenvalue weighted by atomic mass is 35.5. The highest BCUT2D eigenvalue weighted by molar-refractivity contribution is 7.89. The van der Waals surface area contributed by atoms with Gasteiger partial charge in [-0.25, -0.2) is 8.42 Å². The molecule has 27 heavy (non-hydrogen) atoms. The van der Waals surface area contributed by atoms with Gasteiger partial charge in [-0.15, -0.1) is 0 Å². The molecule has 1 N–H and O–H groups in total. The maximum atomic E-state index is 12.5. The predicted molar refractivity (Wildman–Crippen MR) is 105 cm³/mol. The van der Waals surface area contributed by atoms with Crippen molar-refractivity contribution in [2.45, 2.75) is 17.7 Å². The van der Waals surface area contributed by atoms with Crippen molar-refractivity contribution in [1.29, 1.82) is 0 Å². The molecular formula is C20H19ClN2O3S. The van der Waals surface area contributed by atoms with E-state index in [9.17, 15) is 13.2 Å². The van der Waals surface area contributed by atoms with E-state index in [4.69, 9.17) is 11.6 Å². The molecule has 2 aromatic rings. The van der Waals surface area contributed by atoms with E-state index in [1.807, 2.05) is 12.1 Å². The smallest absolute Gasteiger partial charge is 0.252 e. The van der Waals surface area contributed by atoms with Gasteiger partial charge in [0.25, 0.3) is 5.91 Å². The number of rotatable bonds is 4. The fraction of sp³-hybridized carbons (Fsp3) is 0.250. The molecule has 140 valence electrons. The quantitative estimate of drug-likeness (QED) is 0.799. The van der Waals surface area contributed by atoms with Crippen molar-refractivity contribution < 1.29 is 13.2 Å². The van der Waals surface area contributed by atoms with E-state index in [0.29, 0.717) is 23.7 Å². The second kappa shape index (κ2) is 8.57. The number of amides is 1. The fourth-order valence-electron chi connectivity index (χ4n) is 2.79. The topological polar surface area (TPSA) is 66.5 Å². The zero-order valence-electron chi connectivity index (χ0n) is 14.6. The molecule has 1 heterocycles. The molecule has 0 aromatic heterocycles. The summed E-state index contributed by atoms with van der Waals surface area (Å²) in [6.07, 6.45) is 1.77. The Balaban J connectivity index is 1.59. The molecule has 5 nitrogen and oxygen atoms in total. The van der Waals surface area contributed by atoms with Crippen LogP contribution in [-0.4, -0.2) is 38.3 Å². The standard InChI is InChI=1S/C20H19ClN2O3S/c21-18-7-3-5-16(15-18)6-4-12-22-20(24)17-8-10-19(11-9-17)27(25,26)23-13-1-2-14-23/h3,5,7-11,15H,1-2,12-14H2,(H,22,24). The second-order valence-electron chi connectivity index (χ2n) is 6.13. The number of nitrogens with zero attached hydrogens (tertiary/aromatic N) is 1. The van der Waals surface area contributed by atoms with Crippen LogP contribution in [-0.2, 0) is 10.0 Å². The monoisotopic (exact) mass is 402 g/mol. The summed E-state index contributed by atoms with van der Waals surface area (Å²) in [5.74, 6) is 5.47. The van der Waals surface area contributed by atoms with Crippen LogP contribution >= 0.6 is 11.6 Å². The zero-order valence-corrected chi connectivity index (χ0v) is 16.2. The number of benzene rings is 2. The largest absolute Gasteiger partial charge is 0.341 e. The highest BCUT2D eigenvalue weighted by Gasteiger charge is 2.27. The van der Waals surface area contributed by atoms with Crippen molar-refractivity contribution in [3.8, 4) is 11.8 Å². The summed E-state index contributed by atoms with van der Waals surface area (Å²) < 4.78 is 26.4. The predicted octanol–water partition coefficient (Wildman–Crippen LogP) is 2.91. The third-order valence-electron chi connectivity index (χ3n) is 4.21. The second-order valence-corrected chi connectivity index (χ2v) is 8.50. The summed E-state index contributed by atoms with van der Waals surface area (Å²) in [7, 11) is -3.47. The Morgan fingerprint density at radius 2 is 1.81 bits per heavy atom. The molecule has 0 atom stereocenters. The van der Waals surface area contributed by atoms with E-state index in [0.717, 1.165) is 18.4 Å². The van der Waals surface area contributed by atoms with E-state index in [2.05, 4.69) is 17.2 Å². The molecule has 1 aliphatic rings. The molecular weight excluding hydrogens is 384 g/mol. The van der Waals surface area contributed by atoms with E-state index in [1.54, 1.807) is 12.1 Å². The van der Waals surface area contributed by atoms with Crippen LogP contribution in [0.5, 0.6) is 0 Å². The van der Waals surface area contributed by atoms with Crippen molar-refractivity contribution >= 4 is 27.5 Å². The van der Waals surface area contributed by atoms with Crippen LogP contribution in [0, 0.1) is 11.8 Å². The first-order valence-electron chi connectivity index (χ1n) is 8.60. The third kappa shape index (κ3) is 4.89. The Bertz CT molecular complexity index is 986. The lowest BCUT2D eigenvalue weighted by Gasteiger charge is -2.15. The van der Waals surface area contributed by atoms with E-state index in [1.165, 1.54) is 28.6 Å². The Morgan fingerprint density at radius 3 is 2.48 bits per heavy atom. The average Bonchev–Trinajstić information content (AvgIpc) is 3.21. The number of nitrogens with one attached hydrogen (secondary N) is 1. The van der Waals surface area contributed by atoms with Gasteiger partial charge in [-0.2, -0.15) is 4.31 Å². The third-order valence-corrected chi connectivity index (χ3v) is 6.36. The van der Waals surface area contributed by atoms with Crippen LogP contribution in [0.15, 0.2) is 53.4 Å². The molecule has 0 spiro atoms. The molecule has 0 saturated carbocycles. The normalized spacial score (nSPS) is 14.4. The van der Waals surface area contributed by atoms with Crippen molar-refractivity contribution in [2.75, 3.05) is 19.6 Å². The van der Waals surface area contributed by atoms with Crippen LogP contribution in [0.25, 0.3) is 0 Å². The number of hydrogen-bond acceptors (Lipinski definition) is 3. The number of carbonyl (C=O) groups is 1. The first kappa shape index (κ1) is 19.4. The number of sulfonamides is 1. The molecule has 3 rings (SSSR count). The number of halogens is 1. The minimum absolute atomic E-state index is 0.180. The Hall–Kier alpha value is -2.33. The summed E-state index contributed by atoms with van der Waals surface area (Å²) in [4.78, 5) is 12.4. The van der Waals surface area contributed by atoms with Crippen molar-refractivity contribution in [1.82, 2.24) is 9.62 Å². The van der Waals surface area contributed by atoms with Gasteiger partial charge in [0.2, 0.25) is 10.0 Å². The van der Waals surface area contributed by atoms with Crippen LogP contribution in [0.1, 0.15) is 28.8 Å². The lowest BCUT2D eigenvalue weighted by Crippen LogP contribution is -2.28. The van der Waals surface area contributed by atoms with Gasteiger partial charge in [-0.3, -0.25) is 4.79 Å². The maximum absolute atomic E-state index is 12.5. The minimum atomic E-state index is -3.47. The Labute approximate surface area is 164 Å². The zero-order chi connectivity index (χ0) is 19.3. The molecule has 1 saturated heterocycles. The van der Waals surface area contributed by atoms with Gasteiger partial charge in [0.15, 0.2) is 0 Å². The van der Waals surface area contributed by atoms with Gasteiger partial charge in [0.1, 0.15) is 0 Å². The van der Waals surface area contributed by atoms with Crippen molar-refractivity contribution in [2.24, 2.45) is 0 Å². The van der Waals surface area contributed by atoms with Gasteiger partial charge in [0.05, 0.1) is 11.4 Å². The summed E-state index contributed by atoms with van der Waals surface area (Å²) >= 11 is 5.89. The highest BCUT2D eigenvalue weighted by Crippen LogP contribution is 2.21. The SMILES string of the molecule is O=C(NCC#Cc1cccc(Cl)c1)c1ccc(S(=O)(=O)N2CCCC2)cc1. The van der Waals surface area contributed by atoms with Crippen LogP contribution in [0.3, 0.4) is 0 Å². The molecule has 0 unspecified atom stereocenters. The number of hydrogen-bond donors (Lipinski definition) is 1. The minimum Gasteiger partial charge on any atom is -0.341 e. The first-order chi connectivity index (χ1) is 13.0. The van der Waals surface area contributed by atoms with Gasteiger partial charge >= 0.3 is 0 Å². The molecule has 0 radical (unpaired) electrons. The van der Waals surface area contributed by atoms with Gasteiger partial charge in [0, 0.05) is 29.2 Å². The number of carbonyl (C=O) groups excluding carboxylic acids is 1. The van der Waals surface area contributed by atoms with Crippen LogP contribution in [0.2, 0.25) is 5.02 Å². The summed E-state index contributed by atoms with van der Waals surface area (Å²) in [6.45, 7) is 1.28. The van der Waals surface area contributed by atoms with E-state index < -0.39 is 10.0 Å². The van der Waals surface area contributed by atoms with Gasteiger partial charge < -0.3 is 5.32 Å². The van der Waals surface area contributed by atoms with Crippen molar-refractivity contribution in [3.05, 3.63) is 64.7 Å². The van der Waals surface area contributed by atoms with E-state index >= 15 is 0 Å². The fourth-order valence-corrected chi connectivity index (χ4v) is 4.50. The summed E-state index contributed by atoms with van der Waals surface area (Å²) in [5, 5.41) is 3.30. The first-order valence-corrected chi connectivity index (χ1v) is 10.4. The molecule has 1 fully saturated rings. The molecule has 7 heteroatoms. The lowest BCUT2D eigenvalue weighted by atomic mass is 10.2. The molecule has 1 amide bonds.